The van der Waals surface area contributed by atoms with Crippen LogP contribution in [0.1, 0.15) is 41.6 Å². The van der Waals surface area contributed by atoms with Crippen molar-refractivity contribution in [2.24, 2.45) is 0 Å². The van der Waals surface area contributed by atoms with E-state index in [-0.39, 0.29) is 46.5 Å². The van der Waals surface area contributed by atoms with Crippen molar-refractivity contribution >= 4 is 39.6 Å². The number of carbonyl (C=O) groups excluding carboxylic acids is 2. The molecule has 1 aromatic carbocycles. The number of piperidine rings is 1. The first-order valence-corrected chi connectivity index (χ1v) is 12.4. The van der Waals surface area contributed by atoms with E-state index in [0.29, 0.717) is 30.1 Å². The number of Topliss-reactive ketones (excluding diaryl/α,β-unsaturated/α-hetero) is 1. The van der Waals surface area contributed by atoms with Gasteiger partial charge in [0, 0.05) is 56.0 Å². The van der Waals surface area contributed by atoms with Gasteiger partial charge in [-0.2, -0.15) is 0 Å². The Labute approximate surface area is 218 Å². The molecule has 0 saturated carbocycles. The SMILES string of the molecule is [2H]C1([2H])N(C(=O)N2CCCCC2)Cc2cc(F)cc3c(C4=C(c5cnc6ccccn56)NCC4=O)cn(c23)C1([2H])[2H]. The second kappa shape index (κ2) is 8.47. The average molecular weight is 503 g/mol. The van der Waals surface area contributed by atoms with Crippen molar-refractivity contribution in [1.29, 1.82) is 0 Å². The number of pyridine rings is 1. The average Bonchev–Trinajstić information content (AvgIpc) is 3.65. The summed E-state index contributed by atoms with van der Waals surface area (Å²) < 4.78 is 54.1. The summed E-state index contributed by atoms with van der Waals surface area (Å²) in [5.41, 5.74) is 2.79. The predicted octanol–water partition coefficient (Wildman–Crippen LogP) is 3.89. The van der Waals surface area contributed by atoms with Crippen LogP contribution in [0.4, 0.5) is 9.18 Å². The third kappa shape index (κ3) is 3.52. The molecule has 0 unspecified atom stereocenters. The summed E-state index contributed by atoms with van der Waals surface area (Å²) in [6.45, 7) is -4.97. The van der Waals surface area contributed by atoms with Gasteiger partial charge in [-0.25, -0.2) is 14.2 Å². The second-order valence-corrected chi connectivity index (χ2v) is 9.61. The van der Waals surface area contributed by atoms with E-state index in [1.807, 2.05) is 28.8 Å². The van der Waals surface area contributed by atoms with E-state index in [9.17, 15) is 9.59 Å². The molecule has 0 radical (unpaired) electrons. The molecule has 1 fully saturated rings. The van der Waals surface area contributed by atoms with Crippen LogP contribution in [-0.2, 0) is 17.8 Å². The Morgan fingerprint density at radius 1 is 1.11 bits per heavy atom. The third-order valence-electron chi connectivity index (χ3n) is 7.33. The largest absolute Gasteiger partial charge is 0.375 e. The van der Waals surface area contributed by atoms with Gasteiger partial charge in [0.15, 0.2) is 5.78 Å². The molecule has 6 heterocycles. The van der Waals surface area contributed by atoms with E-state index in [4.69, 9.17) is 5.48 Å². The zero-order valence-corrected chi connectivity index (χ0v) is 20.0. The highest BCUT2D eigenvalue weighted by atomic mass is 19.1. The Morgan fingerprint density at radius 2 is 1.97 bits per heavy atom. The minimum absolute atomic E-state index is 0.00852. The molecular weight excluding hydrogens is 471 g/mol. The lowest BCUT2D eigenvalue weighted by Gasteiger charge is -2.32. The fraction of sp³-hybridized carbons (Fsp3) is 0.321. The molecule has 3 aliphatic heterocycles. The minimum Gasteiger partial charge on any atom is -0.375 e. The van der Waals surface area contributed by atoms with Crippen molar-refractivity contribution in [3.8, 4) is 0 Å². The summed E-state index contributed by atoms with van der Waals surface area (Å²) in [5, 5.41) is 3.40. The molecule has 37 heavy (non-hydrogen) atoms. The number of carbonyl (C=O) groups is 2. The zero-order chi connectivity index (χ0) is 28.7. The molecule has 7 rings (SSSR count). The number of fused-ring (bicyclic) bond motifs is 1. The van der Waals surface area contributed by atoms with Gasteiger partial charge in [-0.05, 0) is 49.1 Å². The van der Waals surface area contributed by atoms with Crippen molar-refractivity contribution in [3.05, 3.63) is 71.6 Å². The molecular formula is C28H27FN6O2. The Morgan fingerprint density at radius 3 is 2.84 bits per heavy atom. The molecule has 9 heteroatoms. The maximum Gasteiger partial charge on any atom is 0.320 e. The van der Waals surface area contributed by atoms with Crippen molar-refractivity contribution in [3.63, 3.8) is 0 Å². The summed E-state index contributed by atoms with van der Waals surface area (Å²) in [7, 11) is 0. The molecule has 0 bridgehead atoms. The number of halogens is 1. The maximum absolute atomic E-state index is 15.2. The number of urea groups is 1. The van der Waals surface area contributed by atoms with E-state index in [2.05, 4.69) is 10.3 Å². The van der Waals surface area contributed by atoms with Crippen LogP contribution >= 0.6 is 0 Å². The monoisotopic (exact) mass is 502 g/mol. The van der Waals surface area contributed by atoms with E-state index >= 15 is 4.39 Å². The van der Waals surface area contributed by atoms with E-state index in [1.165, 1.54) is 23.2 Å². The summed E-state index contributed by atoms with van der Waals surface area (Å²) in [6, 6.07) is 7.35. The second-order valence-electron chi connectivity index (χ2n) is 9.61. The van der Waals surface area contributed by atoms with E-state index < -0.39 is 24.8 Å². The first-order valence-electron chi connectivity index (χ1n) is 14.4. The van der Waals surface area contributed by atoms with E-state index in [0.717, 1.165) is 28.7 Å². The predicted molar refractivity (Wildman–Crippen MR) is 138 cm³/mol. The standard InChI is InChI=1S/C28H27FN6O2/c29-19-12-18-16-34(28(37)32-7-3-1-4-8-32)11-10-33-17-21(20(13-19)27(18)33)25-23(36)15-31-26(25)22-14-30-24-6-2-5-9-35(22)24/h2,5-6,9,12-14,17,31H,1,3-4,7-8,10-11,15-16H2/i10D2,11D2. The lowest BCUT2D eigenvalue weighted by Crippen LogP contribution is -2.45. The van der Waals surface area contributed by atoms with Crippen LogP contribution in [-0.4, -0.2) is 61.7 Å². The number of ketones is 1. The normalized spacial score (nSPS) is 22.5. The number of benzene rings is 1. The first-order chi connectivity index (χ1) is 19.6. The molecule has 0 aliphatic carbocycles. The summed E-state index contributed by atoms with van der Waals surface area (Å²) in [5.74, 6) is -0.895. The van der Waals surface area contributed by atoms with Crippen LogP contribution in [0.15, 0.2) is 48.9 Å². The number of imidazole rings is 1. The van der Waals surface area contributed by atoms with Crippen LogP contribution in [0.2, 0.25) is 0 Å². The fourth-order valence-electron chi connectivity index (χ4n) is 5.62. The Balaban J connectivity index is 1.45. The molecule has 0 atom stereocenters. The van der Waals surface area contributed by atoms with Crippen LogP contribution in [0.25, 0.3) is 27.8 Å². The van der Waals surface area contributed by atoms with Gasteiger partial charge in [-0.15, -0.1) is 0 Å². The number of aryl methyl sites for hydroxylation is 1. The summed E-state index contributed by atoms with van der Waals surface area (Å²) in [4.78, 5) is 33.7. The summed E-state index contributed by atoms with van der Waals surface area (Å²) in [6.07, 6.45) is 7.37. The molecule has 4 aromatic rings. The molecule has 3 aromatic heterocycles. The zero-order valence-electron chi connectivity index (χ0n) is 24.0. The van der Waals surface area contributed by atoms with E-state index in [1.54, 1.807) is 6.20 Å². The number of nitrogens with one attached hydrogen (secondary N) is 1. The Hall–Kier alpha value is -4.14. The van der Waals surface area contributed by atoms with Gasteiger partial charge >= 0.3 is 6.03 Å². The van der Waals surface area contributed by atoms with Crippen molar-refractivity contribution < 1.29 is 19.5 Å². The van der Waals surface area contributed by atoms with Gasteiger partial charge in [0.05, 0.1) is 40.7 Å². The molecule has 1 saturated heterocycles. The van der Waals surface area contributed by atoms with Gasteiger partial charge in [0.1, 0.15) is 11.5 Å². The highest BCUT2D eigenvalue weighted by Crippen LogP contribution is 2.38. The summed E-state index contributed by atoms with van der Waals surface area (Å²) >= 11 is 0. The Bertz CT molecular complexity index is 1790. The molecule has 2 amide bonds. The van der Waals surface area contributed by atoms with Gasteiger partial charge in [0.2, 0.25) is 0 Å². The number of hydrogen-bond acceptors (Lipinski definition) is 4. The third-order valence-corrected chi connectivity index (χ3v) is 7.33. The van der Waals surface area contributed by atoms with Crippen molar-refractivity contribution in [2.75, 3.05) is 26.1 Å². The number of nitrogens with zero attached hydrogens (tertiary/aromatic N) is 5. The highest BCUT2D eigenvalue weighted by Gasteiger charge is 2.32. The quantitative estimate of drug-likeness (QED) is 0.451. The van der Waals surface area contributed by atoms with Crippen molar-refractivity contribution in [1.82, 2.24) is 29.1 Å². The lowest BCUT2D eigenvalue weighted by molar-refractivity contribution is -0.112. The van der Waals surface area contributed by atoms with Crippen molar-refractivity contribution in [2.45, 2.75) is 32.3 Å². The Kier molecular flexibility index (Phi) is 4.16. The van der Waals surface area contributed by atoms with Gasteiger partial charge in [0.25, 0.3) is 0 Å². The lowest BCUT2D eigenvalue weighted by atomic mass is 9.99. The minimum atomic E-state index is -2.79. The van der Waals surface area contributed by atoms with Crippen LogP contribution in [0.5, 0.6) is 0 Å². The van der Waals surface area contributed by atoms with Gasteiger partial charge in [-0.1, -0.05) is 6.07 Å². The van der Waals surface area contributed by atoms with Crippen LogP contribution in [0.3, 0.4) is 0 Å². The first kappa shape index (κ1) is 18.2. The molecule has 188 valence electrons. The van der Waals surface area contributed by atoms with Crippen LogP contribution < -0.4 is 5.32 Å². The topological polar surface area (TPSA) is 74.9 Å². The molecule has 8 nitrogen and oxygen atoms in total. The molecule has 1 N–H and O–H groups in total. The van der Waals surface area contributed by atoms with Gasteiger partial charge in [-0.3, -0.25) is 9.20 Å². The smallest absolute Gasteiger partial charge is 0.320 e. The number of rotatable bonds is 2. The maximum atomic E-state index is 15.2. The number of likely N-dealkylation sites (tertiary alicyclic amines) is 1. The van der Waals surface area contributed by atoms with Crippen LogP contribution in [0, 0.1) is 5.82 Å². The number of amides is 2. The number of aromatic nitrogens is 3. The number of hydrogen-bond donors (Lipinski definition) is 1. The molecule has 0 spiro atoms. The molecule has 3 aliphatic rings. The highest BCUT2D eigenvalue weighted by molar-refractivity contribution is 6.33. The fourth-order valence-corrected chi connectivity index (χ4v) is 5.62. The van der Waals surface area contributed by atoms with Gasteiger partial charge < -0.3 is 19.7 Å².